The Bertz CT molecular complexity index is 205. The van der Waals surface area contributed by atoms with Crippen LogP contribution in [0.3, 0.4) is 0 Å². The molecule has 15 heavy (non-hydrogen) atoms. The molecule has 0 bridgehead atoms. The van der Waals surface area contributed by atoms with E-state index in [4.69, 9.17) is 10.5 Å². The Balaban J connectivity index is 2.38. The summed E-state index contributed by atoms with van der Waals surface area (Å²) in [6.07, 6.45) is 1.04. The van der Waals surface area contributed by atoms with Crippen molar-refractivity contribution in [2.75, 3.05) is 33.4 Å². The molecule has 1 amide bonds. The first-order valence-electron chi connectivity index (χ1n) is 5.45. The molecule has 0 aliphatic carbocycles. The van der Waals surface area contributed by atoms with Crippen LogP contribution >= 0.6 is 0 Å². The van der Waals surface area contributed by atoms with E-state index in [0.717, 1.165) is 26.2 Å². The van der Waals surface area contributed by atoms with E-state index in [1.807, 2.05) is 14.0 Å². The van der Waals surface area contributed by atoms with E-state index in [1.165, 1.54) is 0 Å². The fourth-order valence-electron chi connectivity index (χ4n) is 1.81. The highest BCUT2D eigenvalue weighted by Gasteiger charge is 2.24. The predicted molar refractivity (Wildman–Crippen MR) is 58.5 cm³/mol. The van der Waals surface area contributed by atoms with Crippen molar-refractivity contribution in [2.45, 2.75) is 25.4 Å². The van der Waals surface area contributed by atoms with Gasteiger partial charge >= 0.3 is 0 Å². The van der Waals surface area contributed by atoms with Gasteiger partial charge in [0.05, 0.1) is 12.6 Å². The third-order valence-electron chi connectivity index (χ3n) is 2.79. The molecule has 0 spiro atoms. The van der Waals surface area contributed by atoms with Gasteiger partial charge in [0.25, 0.3) is 0 Å². The monoisotopic (exact) mass is 215 g/mol. The molecule has 0 aromatic carbocycles. The van der Waals surface area contributed by atoms with Crippen molar-refractivity contribution in [3.8, 4) is 0 Å². The Morgan fingerprint density at radius 1 is 1.73 bits per heavy atom. The second kappa shape index (κ2) is 6.05. The Kier molecular flexibility index (Phi) is 5.01. The standard InChI is InChI=1S/C10H21N3O2/c1-3-12-9(10(11)14)6-13(2)8-4-5-15-7-8/h8-9,12H,3-7H2,1-2H3,(H2,11,14). The number of nitrogens with one attached hydrogen (secondary N) is 1. The smallest absolute Gasteiger partial charge is 0.235 e. The third-order valence-corrected chi connectivity index (χ3v) is 2.79. The lowest BCUT2D eigenvalue weighted by atomic mass is 10.2. The minimum atomic E-state index is -0.289. The van der Waals surface area contributed by atoms with Gasteiger partial charge in [0, 0.05) is 19.2 Å². The van der Waals surface area contributed by atoms with E-state index in [2.05, 4.69) is 10.2 Å². The molecule has 0 saturated carbocycles. The van der Waals surface area contributed by atoms with Crippen LogP contribution in [0.2, 0.25) is 0 Å². The number of hydrogen-bond acceptors (Lipinski definition) is 4. The van der Waals surface area contributed by atoms with Crippen molar-refractivity contribution in [3.05, 3.63) is 0 Å². The number of rotatable bonds is 6. The number of amides is 1. The van der Waals surface area contributed by atoms with Crippen molar-refractivity contribution < 1.29 is 9.53 Å². The topological polar surface area (TPSA) is 67.6 Å². The molecule has 5 heteroatoms. The second-order valence-electron chi connectivity index (χ2n) is 3.97. The van der Waals surface area contributed by atoms with E-state index < -0.39 is 0 Å². The molecule has 1 rings (SSSR count). The summed E-state index contributed by atoms with van der Waals surface area (Å²) in [5, 5.41) is 3.08. The van der Waals surface area contributed by atoms with Crippen LogP contribution in [0.4, 0.5) is 0 Å². The molecule has 0 aromatic rings. The zero-order valence-electron chi connectivity index (χ0n) is 9.53. The van der Waals surface area contributed by atoms with Gasteiger partial charge in [-0.3, -0.25) is 9.69 Å². The average molecular weight is 215 g/mol. The summed E-state index contributed by atoms with van der Waals surface area (Å²) >= 11 is 0. The first-order chi connectivity index (χ1) is 7.15. The molecule has 5 nitrogen and oxygen atoms in total. The fraction of sp³-hybridized carbons (Fsp3) is 0.900. The van der Waals surface area contributed by atoms with Crippen LogP contribution in [0.15, 0.2) is 0 Å². The van der Waals surface area contributed by atoms with Gasteiger partial charge in [-0.05, 0) is 20.0 Å². The summed E-state index contributed by atoms with van der Waals surface area (Å²) in [7, 11) is 2.01. The maximum atomic E-state index is 11.1. The fourth-order valence-corrected chi connectivity index (χ4v) is 1.81. The van der Waals surface area contributed by atoms with Gasteiger partial charge in [-0.15, -0.1) is 0 Å². The molecule has 2 unspecified atom stereocenters. The van der Waals surface area contributed by atoms with E-state index in [0.29, 0.717) is 12.6 Å². The van der Waals surface area contributed by atoms with Crippen LogP contribution in [0.1, 0.15) is 13.3 Å². The Labute approximate surface area is 90.9 Å². The number of carbonyl (C=O) groups is 1. The molecular weight excluding hydrogens is 194 g/mol. The molecule has 0 aromatic heterocycles. The van der Waals surface area contributed by atoms with Gasteiger partial charge in [0.2, 0.25) is 5.91 Å². The number of carbonyl (C=O) groups excluding carboxylic acids is 1. The number of nitrogens with two attached hydrogens (primary N) is 1. The lowest BCUT2D eigenvalue weighted by Crippen LogP contribution is -2.50. The van der Waals surface area contributed by atoms with Gasteiger partial charge in [0.1, 0.15) is 0 Å². The molecule has 1 aliphatic heterocycles. The number of hydrogen-bond donors (Lipinski definition) is 2. The van der Waals surface area contributed by atoms with E-state index in [-0.39, 0.29) is 11.9 Å². The highest BCUT2D eigenvalue weighted by Crippen LogP contribution is 2.10. The Morgan fingerprint density at radius 2 is 2.47 bits per heavy atom. The van der Waals surface area contributed by atoms with E-state index in [1.54, 1.807) is 0 Å². The third kappa shape index (κ3) is 3.77. The van der Waals surface area contributed by atoms with E-state index >= 15 is 0 Å². The van der Waals surface area contributed by atoms with Crippen molar-refractivity contribution in [3.63, 3.8) is 0 Å². The molecule has 88 valence electrons. The van der Waals surface area contributed by atoms with Crippen molar-refractivity contribution in [1.29, 1.82) is 0 Å². The van der Waals surface area contributed by atoms with Gasteiger partial charge in [-0.1, -0.05) is 6.92 Å². The van der Waals surface area contributed by atoms with Crippen LogP contribution in [0.25, 0.3) is 0 Å². The van der Waals surface area contributed by atoms with Gasteiger partial charge in [0.15, 0.2) is 0 Å². The van der Waals surface area contributed by atoms with Crippen molar-refractivity contribution >= 4 is 5.91 Å². The average Bonchev–Trinajstić information content (AvgIpc) is 2.69. The number of nitrogens with zero attached hydrogens (tertiary/aromatic N) is 1. The summed E-state index contributed by atoms with van der Waals surface area (Å²) in [5.74, 6) is -0.289. The number of likely N-dealkylation sites (N-methyl/N-ethyl adjacent to an activating group) is 2. The second-order valence-corrected chi connectivity index (χ2v) is 3.97. The maximum absolute atomic E-state index is 11.1. The van der Waals surface area contributed by atoms with Crippen LogP contribution < -0.4 is 11.1 Å². The van der Waals surface area contributed by atoms with Gasteiger partial charge in [-0.2, -0.15) is 0 Å². The number of ether oxygens (including phenoxy) is 1. The molecule has 0 radical (unpaired) electrons. The summed E-state index contributed by atoms with van der Waals surface area (Å²) in [4.78, 5) is 13.3. The predicted octanol–water partition coefficient (Wildman–Crippen LogP) is -0.829. The Morgan fingerprint density at radius 3 is 2.93 bits per heavy atom. The molecule has 1 aliphatic rings. The minimum absolute atomic E-state index is 0.263. The lowest BCUT2D eigenvalue weighted by molar-refractivity contribution is -0.120. The maximum Gasteiger partial charge on any atom is 0.235 e. The van der Waals surface area contributed by atoms with Crippen molar-refractivity contribution in [1.82, 2.24) is 10.2 Å². The zero-order valence-corrected chi connectivity index (χ0v) is 9.53. The highest BCUT2D eigenvalue weighted by atomic mass is 16.5. The molecule has 1 heterocycles. The lowest BCUT2D eigenvalue weighted by Gasteiger charge is -2.26. The normalized spacial score (nSPS) is 23.3. The van der Waals surface area contributed by atoms with Crippen molar-refractivity contribution in [2.24, 2.45) is 5.73 Å². The zero-order chi connectivity index (χ0) is 11.3. The van der Waals surface area contributed by atoms with Crippen LogP contribution in [-0.2, 0) is 9.53 Å². The minimum Gasteiger partial charge on any atom is -0.380 e. The quantitative estimate of drug-likeness (QED) is 0.607. The summed E-state index contributed by atoms with van der Waals surface area (Å²) < 4.78 is 5.30. The largest absolute Gasteiger partial charge is 0.380 e. The first-order valence-corrected chi connectivity index (χ1v) is 5.45. The van der Waals surface area contributed by atoms with E-state index in [9.17, 15) is 4.79 Å². The van der Waals surface area contributed by atoms with Gasteiger partial charge in [-0.25, -0.2) is 0 Å². The molecular formula is C10H21N3O2. The molecule has 2 atom stereocenters. The first kappa shape index (κ1) is 12.4. The Hall–Kier alpha value is -0.650. The van der Waals surface area contributed by atoms with Crippen LogP contribution in [0, 0.1) is 0 Å². The summed E-state index contributed by atoms with van der Waals surface area (Å²) in [5.41, 5.74) is 5.31. The molecule has 1 saturated heterocycles. The van der Waals surface area contributed by atoms with Crippen LogP contribution in [-0.4, -0.2) is 56.2 Å². The summed E-state index contributed by atoms with van der Waals surface area (Å²) in [6.45, 7) is 4.94. The van der Waals surface area contributed by atoms with Crippen LogP contribution in [0.5, 0.6) is 0 Å². The summed E-state index contributed by atoms with van der Waals surface area (Å²) in [6, 6.07) is 0.158. The SMILES string of the molecule is CCNC(CN(C)C1CCOC1)C(N)=O. The number of primary amides is 1. The molecule has 1 fully saturated rings. The molecule has 3 N–H and O–H groups in total. The van der Waals surface area contributed by atoms with Gasteiger partial charge < -0.3 is 15.8 Å². The highest BCUT2D eigenvalue weighted by molar-refractivity contribution is 5.80.